The molecule has 0 unspecified atom stereocenters. The highest BCUT2D eigenvalue weighted by molar-refractivity contribution is 7.89. The number of benzene rings is 1. The molecular formula is C12H15NO4S. The molecule has 1 N–H and O–H groups in total. The second kappa shape index (κ2) is 5.32. The summed E-state index contributed by atoms with van der Waals surface area (Å²) in [6.07, 6.45) is 1.46. The SMILES string of the molecule is C=CCN(C)S(=O)(=O)c1ccc(C)c(C(=O)O)c1. The summed E-state index contributed by atoms with van der Waals surface area (Å²) in [5.74, 6) is -1.14. The Hall–Kier alpha value is -1.66. The van der Waals surface area contributed by atoms with Gasteiger partial charge in [0, 0.05) is 13.6 Å². The summed E-state index contributed by atoms with van der Waals surface area (Å²) in [4.78, 5) is 10.9. The fraction of sp³-hybridized carbons (Fsp3) is 0.250. The quantitative estimate of drug-likeness (QED) is 0.822. The summed E-state index contributed by atoms with van der Waals surface area (Å²) in [7, 11) is -2.26. The van der Waals surface area contributed by atoms with Crippen LogP contribution in [-0.2, 0) is 10.0 Å². The lowest BCUT2D eigenvalue weighted by atomic mass is 10.1. The van der Waals surface area contributed by atoms with E-state index in [1.165, 1.54) is 31.3 Å². The molecule has 0 atom stereocenters. The van der Waals surface area contributed by atoms with Gasteiger partial charge in [-0.15, -0.1) is 6.58 Å². The molecule has 1 aromatic rings. The third-order valence-electron chi connectivity index (χ3n) is 2.53. The number of carboxylic acids is 1. The number of sulfonamides is 1. The van der Waals surface area contributed by atoms with E-state index >= 15 is 0 Å². The topological polar surface area (TPSA) is 74.7 Å². The molecule has 0 fully saturated rings. The van der Waals surface area contributed by atoms with Gasteiger partial charge in [-0.3, -0.25) is 0 Å². The first-order chi connectivity index (χ1) is 8.30. The molecule has 1 aromatic carbocycles. The van der Waals surface area contributed by atoms with Gasteiger partial charge in [0.2, 0.25) is 10.0 Å². The van der Waals surface area contributed by atoms with Crippen LogP contribution in [0.25, 0.3) is 0 Å². The standard InChI is InChI=1S/C12H15NO4S/c1-4-7-13(3)18(16,17)10-6-5-9(2)11(8-10)12(14)15/h4-6,8H,1,7H2,2-3H3,(H,14,15). The highest BCUT2D eigenvalue weighted by Crippen LogP contribution is 2.18. The molecule has 0 heterocycles. The molecule has 0 aliphatic rings. The van der Waals surface area contributed by atoms with Gasteiger partial charge in [0.05, 0.1) is 10.5 Å². The molecule has 1 rings (SSSR count). The molecular weight excluding hydrogens is 254 g/mol. The van der Waals surface area contributed by atoms with Crippen LogP contribution in [0.2, 0.25) is 0 Å². The van der Waals surface area contributed by atoms with Crippen LogP contribution in [0.5, 0.6) is 0 Å². The monoisotopic (exact) mass is 269 g/mol. The molecule has 0 saturated heterocycles. The average molecular weight is 269 g/mol. The summed E-state index contributed by atoms with van der Waals surface area (Å²) in [5, 5.41) is 8.97. The zero-order chi connectivity index (χ0) is 13.9. The molecule has 0 saturated carbocycles. The van der Waals surface area contributed by atoms with E-state index in [4.69, 9.17) is 5.11 Å². The van der Waals surface area contributed by atoms with Crippen LogP contribution >= 0.6 is 0 Å². The minimum atomic E-state index is -3.68. The van der Waals surface area contributed by atoms with Crippen LogP contribution in [-0.4, -0.2) is 37.4 Å². The van der Waals surface area contributed by atoms with Gasteiger partial charge >= 0.3 is 5.97 Å². The van der Waals surface area contributed by atoms with Gasteiger partial charge in [-0.05, 0) is 24.6 Å². The highest BCUT2D eigenvalue weighted by Gasteiger charge is 2.21. The minimum Gasteiger partial charge on any atom is -0.478 e. The van der Waals surface area contributed by atoms with E-state index < -0.39 is 16.0 Å². The zero-order valence-electron chi connectivity index (χ0n) is 10.3. The maximum Gasteiger partial charge on any atom is 0.335 e. The maximum atomic E-state index is 12.1. The van der Waals surface area contributed by atoms with Crippen molar-refractivity contribution in [1.82, 2.24) is 4.31 Å². The third kappa shape index (κ3) is 2.77. The predicted octanol–water partition coefficient (Wildman–Crippen LogP) is 1.50. The van der Waals surface area contributed by atoms with Crippen molar-refractivity contribution in [2.45, 2.75) is 11.8 Å². The number of aromatic carboxylic acids is 1. The largest absolute Gasteiger partial charge is 0.478 e. The van der Waals surface area contributed by atoms with Crippen LogP contribution in [0.1, 0.15) is 15.9 Å². The molecule has 0 amide bonds. The van der Waals surface area contributed by atoms with E-state index in [1.807, 2.05) is 0 Å². The summed E-state index contributed by atoms with van der Waals surface area (Å²) in [6, 6.07) is 4.06. The van der Waals surface area contributed by atoms with Crippen molar-refractivity contribution < 1.29 is 18.3 Å². The normalized spacial score (nSPS) is 11.5. The summed E-state index contributed by atoms with van der Waals surface area (Å²) < 4.78 is 25.3. The van der Waals surface area contributed by atoms with Crippen LogP contribution in [0, 0.1) is 6.92 Å². The lowest BCUT2D eigenvalue weighted by molar-refractivity contribution is 0.0696. The second-order valence-corrected chi connectivity index (χ2v) is 5.90. The Bertz CT molecular complexity index is 578. The van der Waals surface area contributed by atoms with Crippen molar-refractivity contribution in [2.75, 3.05) is 13.6 Å². The fourth-order valence-electron chi connectivity index (χ4n) is 1.45. The van der Waals surface area contributed by atoms with E-state index in [-0.39, 0.29) is 17.0 Å². The Morgan fingerprint density at radius 2 is 2.11 bits per heavy atom. The maximum absolute atomic E-state index is 12.1. The molecule has 0 spiro atoms. The van der Waals surface area contributed by atoms with Gasteiger partial charge in [-0.2, -0.15) is 4.31 Å². The van der Waals surface area contributed by atoms with E-state index in [0.717, 1.165) is 4.31 Å². The second-order valence-electron chi connectivity index (χ2n) is 3.86. The van der Waals surface area contributed by atoms with Crippen LogP contribution in [0.3, 0.4) is 0 Å². The predicted molar refractivity (Wildman–Crippen MR) is 68.2 cm³/mol. The number of likely N-dealkylation sites (N-methyl/N-ethyl adjacent to an activating group) is 1. The molecule has 0 bridgehead atoms. The molecule has 18 heavy (non-hydrogen) atoms. The first-order valence-electron chi connectivity index (χ1n) is 5.22. The van der Waals surface area contributed by atoms with E-state index in [2.05, 4.69) is 6.58 Å². The van der Waals surface area contributed by atoms with Crippen molar-refractivity contribution >= 4 is 16.0 Å². The number of carbonyl (C=O) groups is 1. The lowest BCUT2D eigenvalue weighted by Crippen LogP contribution is -2.27. The van der Waals surface area contributed by atoms with Crippen molar-refractivity contribution in [3.05, 3.63) is 42.0 Å². The van der Waals surface area contributed by atoms with Crippen LogP contribution in [0.15, 0.2) is 35.7 Å². The van der Waals surface area contributed by atoms with Crippen LogP contribution in [0.4, 0.5) is 0 Å². The Balaban J connectivity index is 3.30. The van der Waals surface area contributed by atoms with E-state index in [9.17, 15) is 13.2 Å². The van der Waals surface area contributed by atoms with E-state index in [0.29, 0.717) is 5.56 Å². The van der Waals surface area contributed by atoms with Gasteiger partial charge in [0.1, 0.15) is 0 Å². The molecule has 0 radical (unpaired) electrons. The summed E-state index contributed by atoms with van der Waals surface area (Å²) >= 11 is 0. The number of nitrogens with zero attached hydrogens (tertiary/aromatic N) is 1. The number of hydrogen-bond donors (Lipinski definition) is 1. The Kier molecular flexibility index (Phi) is 4.26. The van der Waals surface area contributed by atoms with Gasteiger partial charge in [-0.1, -0.05) is 12.1 Å². The first-order valence-corrected chi connectivity index (χ1v) is 6.66. The Morgan fingerprint density at radius 1 is 1.50 bits per heavy atom. The van der Waals surface area contributed by atoms with Crippen molar-refractivity contribution in [1.29, 1.82) is 0 Å². The Labute approximate surface area is 106 Å². The van der Waals surface area contributed by atoms with Crippen molar-refractivity contribution in [2.24, 2.45) is 0 Å². The molecule has 5 nitrogen and oxygen atoms in total. The molecule has 98 valence electrons. The number of carboxylic acid groups (broad SMARTS) is 1. The van der Waals surface area contributed by atoms with Gasteiger partial charge < -0.3 is 5.11 Å². The summed E-state index contributed by atoms with van der Waals surface area (Å²) in [6.45, 7) is 5.25. The van der Waals surface area contributed by atoms with Gasteiger partial charge in [0.25, 0.3) is 0 Å². The molecule has 6 heteroatoms. The molecule has 0 aliphatic heterocycles. The zero-order valence-corrected chi connectivity index (χ0v) is 11.1. The van der Waals surface area contributed by atoms with Crippen molar-refractivity contribution in [3.8, 4) is 0 Å². The smallest absolute Gasteiger partial charge is 0.335 e. The third-order valence-corrected chi connectivity index (χ3v) is 4.35. The van der Waals surface area contributed by atoms with E-state index in [1.54, 1.807) is 6.92 Å². The molecule has 0 aliphatic carbocycles. The fourth-order valence-corrected chi connectivity index (χ4v) is 2.62. The lowest BCUT2D eigenvalue weighted by Gasteiger charge is -2.15. The number of hydrogen-bond acceptors (Lipinski definition) is 3. The average Bonchev–Trinajstić information content (AvgIpc) is 2.29. The molecule has 0 aromatic heterocycles. The number of rotatable bonds is 5. The number of aryl methyl sites for hydroxylation is 1. The summed E-state index contributed by atoms with van der Waals surface area (Å²) in [5.41, 5.74) is 0.510. The van der Waals surface area contributed by atoms with Gasteiger partial charge in [0.15, 0.2) is 0 Å². The van der Waals surface area contributed by atoms with Gasteiger partial charge in [-0.25, -0.2) is 13.2 Å². The van der Waals surface area contributed by atoms with Crippen LogP contribution < -0.4 is 0 Å². The first kappa shape index (κ1) is 14.4. The minimum absolute atomic E-state index is 0.0110. The highest BCUT2D eigenvalue weighted by atomic mass is 32.2. The van der Waals surface area contributed by atoms with Crippen molar-refractivity contribution in [3.63, 3.8) is 0 Å². The Morgan fingerprint density at radius 3 is 2.61 bits per heavy atom.